The summed E-state index contributed by atoms with van der Waals surface area (Å²) in [6.45, 7) is 6.03. The van der Waals surface area contributed by atoms with Gasteiger partial charge in [-0.15, -0.1) is 0 Å². The van der Waals surface area contributed by atoms with Gasteiger partial charge in [-0.05, 0) is 32.9 Å². The number of thioether (sulfide) groups is 1. The average molecular weight is 294 g/mol. The summed E-state index contributed by atoms with van der Waals surface area (Å²) in [6.07, 6.45) is 0.784. The van der Waals surface area contributed by atoms with Gasteiger partial charge < -0.3 is 9.36 Å². The van der Waals surface area contributed by atoms with Crippen molar-refractivity contribution >= 4 is 27.8 Å². The highest BCUT2D eigenvalue weighted by atomic mass is 32.2. The summed E-state index contributed by atoms with van der Waals surface area (Å²) in [5.74, 6) is -0.323. The number of hydrogen-bond donors (Lipinski definition) is 0. The lowest BCUT2D eigenvalue weighted by Crippen LogP contribution is -2.18. The van der Waals surface area contributed by atoms with Crippen molar-refractivity contribution in [3.63, 3.8) is 0 Å². The molecule has 1 aliphatic rings. The molecule has 1 aliphatic heterocycles. The fourth-order valence-electron chi connectivity index (χ4n) is 2.15. The molecular formula is C14H15FN2O2S. The summed E-state index contributed by atoms with van der Waals surface area (Å²) in [6, 6.07) is 4.46. The van der Waals surface area contributed by atoms with E-state index in [2.05, 4.69) is 10.3 Å². The number of rotatable bonds is 2. The second kappa shape index (κ2) is 4.77. The molecule has 6 heteroatoms. The number of hydrogen-bond acceptors (Lipinski definition) is 5. The first-order valence-electron chi connectivity index (χ1n) is 6.41. The molecular weight excluding hydrogens is 279 g/mol. The third kappa shape index (κ3) is 2.52. The van der Waals surface area contributed by atoms with E-state index in [-0.39, 0.29) is 16.7 Å². The van der Waals surface area contributed by atoms with Crippen molar-refractivity contribution in [3.8, 4) is 0 Å². The third-order valence-electron chi connectivity index (χ3n) is 3.13. The maximum atomic E-state index is 13.1. The van der Waals surface area contributed by atoms with E-state index in [9.17, 15) is 4.39 Å². The Kier molecular flexibility index (Phi) is 3.20. The van der Waals surface area contributed by atoms with Gasteiger partial charge in [-0.3, -0.25) is 0 Å². The Bertz CT molecular complexity index is 681. The van der Waals surface area contributed by atoms with Crippen LogP contribution in [0.4, 0.5) is 4.39 Å². The SMILES string of the molecule is CC(SC1=NOC(C)(C)C1)c1noc2cc(F)ccc12. The molecule has 2 aromatic rings. The molecule has 3 rings (SSSR count). The Hall–Kier alpha value is -1.56. The zero-order valence-corrected chi connectivity index (χ0v) is 12.3. The van der Waals surface area contributed by atoms with Gasteiger partial charge in [-0.25, -0.2) is 4.39 Å². The van der Waals surface area contributed by atoms with Crippen molar-refractivity contribution in [2.24, 2.45) is 5.16 Å². The third-order valence-corrected chi connectivity index (χ3v) is 4.20. The number of nitrogens with zero attached hydrogens (tertiary/aromatic N) is 2. The molecule has 4 nitrogen and oxygen atoms in total. The Morgan fingerprint density at radius 3 is 2.90 bits per heavy atom. The van der Waals surface area contributed by atoms with Gasteiger partial charge in [0.05, 0.1) is 5.25 Å². The van der Waals surface area contributed by atoms with Crippen LogP contribution in [0.5, 0.6) is 0 Å². The molecule has 20 heavy (non-hydrogen) atoms. The first-order chi connectivity index (χ1) is 9.44. The van der Waals surface area contributed by atoms with E-state index >= 15 is 0 Å². The first-order valence-corrected chi connectivity index (χ1v) is 7.29. The van der Waals surface area contributed by atoms with Gasteiger partial charge in [0.2, 0.25) is 0 Å². The quantitative estimate of drug-likeness (QED) is 0.829. The minimum atomic E-state index is -0.323. The number of halogens is 1. The molecule has 1 aromatic heterocycles. The van der Waals surface area contributed by atoms with Gasteiger partial charge in [0.25, 0.3) is 0 Å². The van der Waals surface area contributed by atoms with Gasteiger partial charge in [0.1, 0.15) is 22.2 Å². The second-order valence-electron chi connectivity index (χ2n) is 5.48. The van der Waals surface area contributed by atoms with E-state index in [1.165, 1.54) is 12.1 Å². The summed E-state index contributed by atoms with van der Waals surface area (Å²) < 4.78 is 18.3. The first kappa shape index (κ1) is 13.4. The fourth-order valence-corrected chi connectivity index (χ4v) is 3.35. The maximum absolute atomic E-state index is 13.1. The van der Waals surface area contributed by atoms with Crippen LogP contribution in [-0.4, -0.2) is 15.8 Å². The Balaban J connectivity index is 1.81. The average Bonchev–Trinajstić information content (AvgIpc) is 2.92. The van der Waals surface area contributed by atoms with Crippen LogP contribution in [0.1, 0.15) is 38.1 Å². The van der Waals surface area contributed by atoms with E-state index in [4.69, 9.17) is 9.36 Å². The smallest absolute Gasteiger partial charge is 0.170 e. The van der Waals surface area contributed by atoms with Crippen LogP contribution in [0.25, 0.3) is 11.0 Å². The molecule has 0 aliphatic carbocycles. The van der Waals surface area contributed by atoms with Crippen LogP contribution in [-0.2, 0) is 4.84 Å². The zero-order chi connectivity index (χ0) is 14.3. The van der Waals surface area contributed by atoms with Gasteiger partial charge in [0.15, 0.2) is 5.58 Å². The van der Waals surface area contributed by atoms with Crippen molar-refractivity contribution in [1.82, 2.24) is 5.16 Å². The molecule has 1 atom stereocenters. The monoisotopic (exact) mass is 294 g/mol. The molecule has 0 spiro atoms. The number of benzene rings is 1. The molecule has 0 amide bonds. The molecule has 0 radical (unpaired) electrons. The Morgan fingerprint density at radius 1 is 1.40 bits per heavy atom. The molecule has 1 aromatic carbocycles. The van der Waals surface area contributed by atoms with Crippen LogP contribution >= 0.6 is 11.8 Å². The number of oxime groups is 1. The Labute approximate surface area is 120 Å². The van der Waals surface area contributed by atoms with Gasteiger partial charge in [0, 0.05) is 17.9 Å². The normalized spacial score (nSPS) is 18.9. The summed E-state index contributed by atoms with van der Waals surface area (Å²) >= 11 is 1.59. The highest BCUT2D eigenvalue weighted by Gasteiger charge is 2.31. The predicted molar refractivity (Wildman–Crippen MR) is 77.2 cm³/mol. The summed E-state index contributed by atoms with van der Waals surface area (Å²) in [5, 5.41) is 10.0. The topological polar surface area (TPSA) is 47.6 Å². The van der Waals surface area contributed by atoms with Gasteiger partial charge >= 0.3 is 0 Å². The van der Waals surface area contributed by atoms with Crippen molar-refractivity contribution in [3.05, 3.63) is 29.7 Å². The van der Waals surface area contributed by atoms with E-state index in [0.717, 1.165) is 22.5 Å². The maximum Gasteiger partial charge on any atom is 0.170 e. The van der Waals surface area contributed by atoms with Crippen LogP contribution in [0, 0.1) is 5.82 Å². The zero-order valence-electron chi connectivity index (χ0n) is 11.5. The minimum absolute atomic E-state index is 0.0676. The summed E-state index contributed by atoms with van der Waals surface area (Å²) in [7, 11) is 0. The van der Waals surface area contributed by atoms with Crippen molar-refractivity contribution in [2.75, 3.05) is 0 Å². The largest absolute Gasteiger partial charge is 0.389 e. The van der Waals surface area contributed by atoms with Crippen molar-refractivity contribution in [1.29, 1.82) is 0 Å². The van der Waals surface area contributed by atoms with Gasteiger partial charge in [-0.1, -0.05) is 22.1 Å². The van der Waals surface area contributed by atoms with Crippen LogP contribution in [0.2, 0.25) is 0 Å². The van der Waals surface area contributed by atoms with E-state index < -0.39 is 0 Å². The molecule has 2 heterocycles. The van der Waals surface area contributed by atoms with Crippen molar-refractivity contribution < 1.29 is 13.8 Å². The standard InChI is InChI=1S/C14H15FN2O2S/c1-8(20-12-7-14(2,3)19-16-12)13-10-5-4-9(15)6-11(10)18-17-13/h4-6,8H,7H2,1-3H3. The molecule has 0 bridgehead atoms. The van der Waals surface area contributed by atoms with Crippen LogP contribution in [0.15, 0.2) is 27.9 Å². The lowest BCUT2D eigenvalue weighted by Gasteiger charge is -2.13. The lowest BCUT2D eigenvalue weighted by atomic mass is 10.1. The van der Waals surface area contributed by atoms with E-state index in [0.29, 0.717) is 5.58 Å². The number of aromatic nitrogens is 1. The number of fused-ring (bicyclic) bond motifs is 1. The molecule has 1 unspecified atom stereocenters. The van der Waals surface area contributed by atoms with Crippen LogP contribution < -0.4 is 0 Å². The van der Waals surface area contributed by atoms with E-state index in [1.54, 1.807) is 17.8 Å². The molecule has 106 valence electrons. The molecule has 0 N–H and O–H groups in total. The van der Waals surface area contributed by atoms with Crippen molar-refractivity contribution in [2.45, 2.75) is 38.0 Å². The van der Waals surface area contributed by atoms with Crippen LogP contribution in [0.3, 0.4) is 0 Å². The van der Waals surface area contributed by atoms with E-state index in [1.807, 2.05) is 20.8 Å². The Morgan fingerprint density at radius 2 is 2.20 bits per heavy atom. The lowest BCUT2D eigenvalue weighted by molar-refractivity contribution is 0.0123. The summed E-state index contributed by atoms with van der Waals surface area (Å²) in [4.78, 5) is 5.35. The second-order valence-corrected chi connectivity index (χ2v) is 6.90. The summed E-state index contributed by atoms with van der Waals surface area (Å²) in [5.41, 5.74) is 1.03. The molecule has 0 fully saturated rings. The fraction of sp³-hybridized carbons (Fsp3) is 0.429. The highest BCUT2D eigenvalue weighted by molar-refractivity contribution is 8.14. The molecule has 0 saturated heterocycles. The predicted octanol–water partition coefficient (Wildman–Crippen LogP) is 4.27. The molecule has 0 saturated carbocycles. The minimum Gasteiger partial charge on any atom is -0.389 e. The highest BCUT2D eigenvalue weighted by Crippen LogP contribution is 2.38. The van der Waals surface area contributed by atoms with Gasteiger partial charge in [-0.2, -0.15) is 0 Å².